The van der Waals surface area contributed by atoms with E-state index in [0.29, 0.717) is 6.54 Å². The van der Waals surface area contributed by atoms with Crippen LogP contribution < -0.4 is 0 Å². The Kier molecular flexibility index (Phi) is 4.29. The molecule has 0 fully saturated rings. The van der Waals surface area contributed by atoms with Crippen LogP contribution in [0.1, 0.15) is 16.0 Å². The fourth-order valence-electron chi connectivity index (χ4n) is 1.98. The molecule has 0 radical (unpaired) electrons. The maximum Gasteiger partial charge on any atom is 0.273 e. The molecular weight excluding hydrogens is 260 g/mol. The molecule has 0 N–H and O–H groups in total. The zero-order chi connectivity index (χ0) is 13.8. The van der Waals surface area contributed by atoms with E-state index in [0.717, 1.165) is 12.1 Å². The molecular formula is C14H16N2O2S. The lowest BCUT2D eigenvalue weighted by molar-refractivity contribution is -0.385. The number of hydrogen-bond donors (Lipinski definition) is 0. The maximum absolute atomic E-state index is 11.0. The first-order chi connectivity index (χ1) is 9.08. The van der Waals surface area contributed by atoms with E-state index < -0.39 is 0 Å². The molecule has 2 aromatic rings. The minimum Gasteiger partial charge on any atom is -0.297 e. The van der Waals surface area contributed by atoms with Crippen molar-refractivity contribution >= 4 is 17.0 Å². The van der Waals surface area contributed by atoms with Crippen LogP contribution in [0.25, 0.3) is 0 Å². The third-order valence-electron chi connectivity index (χ3n) is 3.01. The van der Waals surface area contributed by atoms with Crippen molar-refractivity contribution in [2.45, 2.75) is 20.0 Å². The van der Waals surface area contributed by atoms with Gasteiger partial charge in [0, 0.05) is 29.6 Å². The van der Waals surface area contributed by atoms with E-state index >= 15 is 0 Å². The highest BCUT2D eigenvalue weighted by Crippen LogP contribution is 2.22. The number of para-hydroxylation sites is 1. The lowest BCUT2D eigenvalue weighted by Crippen LogP contribution is -2.17. The van der Waals surface area contributed by atoms with Crippen LogP contribution >= 0.6 is 11.3 Å². The molecule has 0 spiro atoms. The average Bonchev–Trinajstić information content (AvgIpc) is 2.75. The third kappa shape index (κ3) is 3.39. The van der Waals surface area contributed by atoms with Crippen LogP contribution in [0.2, 0.25) is 0 Å². The Morgan fingerprint density at radius 2 is 2.00 bits per heavy atom. The van der Waals surface area contributed by atoms with E-state index in [4.69, 9.17) is 0 Å². The summed E-state index contributed by atoms with van der Waals surface area (Å²) in [6.45, 7) is 3.48. The maximum atomic E-state index is 11.0. The molecule has 0 amide bonds. The lowest BCUT2D eigenvalue weighted by atomic mass is 10.1. The summed E-state index contributed by atoms with van der Waals surface area (Å²) in [5.74, 6) is 0. The quantitative estimate of drug-likeness (QED) is 0.619. The Balaban J connectivity index is 2.09. The fraction of sp³-hybridized carbons (Fsp3) is 0.286. The van der Waals surface area contributed by atoms with Gasteiger partial charge < -0.3 is 0 Å². The van der Waals surface area contributed by atoms with Gasteiger partial charge in [-0.25, -0.2) is 0 Å². The average molecular weight is 276 g/mol. The van der Waals surface area contributed by atoms with Gasteiger partial charge in [-0.1, -0.05) is 18.2 Å². The van der Waals surface area contributed by atoms with E-state index in [9.17, 15) is 10.1 Å². The fourth-order valence-corrected chi connectivity index (χ4v) is 2.97. The molecule has 1 aromatic carbocycles. The summed E-state index contributed by atoms with van der Waals surface area (Å²) in [6, 6.07) is 9.01. The SMILES string of the molecule is Cc1ccsc1CN(C)Cc1ccccc1[N+](=O)[O-]. The minimum absolute atomic E-state index is 0.192. The highest BCUT2D eigenvalue weighted by atomic mass is 32.1. The van der Waals surface area contributed by atoms with Crippen LogP contribution in [-0.4, -0.2) is 16.9 Å². The van der Waals surface area contributed by atoms with Crippen molar-refractivity contribution in [3.63, 3.8) is 0 Å². The van der Waals surface area contributed by atoms with E-state index in [2.05, 4.69) is 23.3 Å². The van der Waals surface area contributed by atoms with Crippen molar-refractivity contribution in [2.75, 3.05) is 7.05 Å². The number of nitrogens with zero attached hydrogens (tertiary/aromatic N) is 2. The molecule has 0 aliphatic rings. The first-order valence-corrected chi connectivity index (χ1v) is 6.89. The summed E-state index contributed by atoms with van der Waals surface area (Å²) < 4.78 is 0. The number of nitro groups is 1. The summed E-state index contributed by atoms with van der Waals surface area (Å²) in [6.07, 6.45) is 0. The summed E-state index contributed by atoms with van der Waals surface area (Å²) >= 11 is 1.72. The van der Waals surface area contributed by atoms with Crippen LogP contribution in [0.3, 0.4) is 0 Å². The van der Waals surface area contributed by atoms with Crippen molar-refractivity contribution in [1.82, 2.24) is 4.90 Å². The predicted molar refractivity (Wildman–Crippen MR) is 77.3 cm³/mol. The zero-order valence-corrected chi connectivity index (χ0v) is 11.8. The van der Waals surface area contributed by atoms with Crippen molar-refractivity contribution in [2.24, 2.45) is 0 Å². The van der Waals surface area contributed by atoms with Crippen LogP contribution in [0.15, 0.2) is 35.7 Å². The number of benzene rings is 1. The molecule has 1 heterocycles. The van der Waals surface area contributed by atoms with E-state index in [1.165, 1.54) is 10.4 Å². The number of thiophene rings is 1. The highest BCUT2D eigenvalue weighted by molar-refractivity contribution is 7.10. The highest BCUT2D eigenvalue weighted by Gasteiger charge is 2.14. The molecule has 0 saturated heterocycles. The Morgan fingerprint density at radius 3 is 2.63 bits per heavy atom. The smallest absolute Gasteiger partial charge is 0.273 e. The number of rotatable bonds is 5. The molecule has 5 heteroatoms. The molecule has 2 rings (SSSR count). The molecule has 0 aliphatic carbocycles. The topological polar surface area (TPSA) is 46.4 Å². The molecule has 0 atom stereocenters. The van der Waals surface area contributed by atoms with Crippen LogP contribution in [0.4, 0.5) is 5.69 Å². The monoisotopic (exact) mass is 276 g/mol. The van der Waals surface area contributed by atoms with E-state index in [1.807, 2.05) is 19.2 Å². The van der Waals surface area contributed by atoms with Crippen LogP contribution in [0.5, 0.6) is 0 Å². The van der Waals surface area contributed by atoms with Crippen molar-refractivity contribution in [1.29, 1.82) is 0 Å². The number of nitro benzene ring substituents is 1. The first-order valence-electron chi connectivity index (χ1n) is 6.01. The van der Waals surface area contributed by atoms with Crippen molar-refractivity contribution in [3.05, 3.63) is 61.8 Å². The first kappa shape index (κ1) is 13.7. The lowest BCUT2D eigenvalue weighted by Gasteiger charge is -2.16. The Bertz CT molecular complexity index is 580. The van der Waals surface area contributed by atoms with Crippen LogP contribution in [-0.2, 0) is 13.1 Å². The molecule has 1 aromatic heterocycles. The van der Waals surface area contributed by atoms with Gasteiger partial charge in [-0.05, 0) is 31.0 Å². The molecule has 0 aliphatic heterocycles. The van der Waals surface area contributed by atoms with Gasteiger partial charge in [0.05, 0.1) is 4.92 Å². The second-order valence-electron chi connectivity index (χ2n) is 4.58. The summed E-state index contributed by atoms with van der Waals surface area (Å²) in [4.78, 5) is 14.0. The number of aryl methyl sites for hydroxylation is 1. The largest absolute Gasteiger partial charge is 0.297 e. The molecule has 0 bridgehead atoms. The Labute approximate surface area is 116 Å². The van der Waals surface area contributed by atoms with E-state index in [-0.39, 0.29) is 10.6 Å². The molecule has 0 unspecified atom stereocenters. The van der Waals surface area contributed by atoms with Gasteiger partial charge >= 0.3 is 0 Å². The van der Waals surface area contributed by atoms with Gasteiger partial charge in [-0.3, -0.25) is 15.0 Å². The molecule has 0 saturated carbocycles. The third-order valence-corrected chi connectivity index (χ3v) is 4.02. The normalized spacial score (nSPS) is 10.9. The summed E-state index contributed by atoms with van der Waals surface area (Å²) in [5, 5.41) is 13.0. The predicted octanol–water partition coefficient (Wildman–Crippen LogP) is 3.60. The summed E-state index contributed by atoms with van der Waals surface area (Å²) in [5.41, 5.74) is 2.22. The molecule has 100 valence electrons. The van der Waals surface area contributed by atoms with Gasteiger partial charge in [0.15, 0.2) is 0 Å². The summed E-state index contributed by atoms with van der Waals surface area (Å²) in [7, 11) is 1.98. The van der Waals surface area contributed by atoms with Gasteiger partial charge in [0.1, 0.15) is 0 Å². The van der Waals surface area contributed by atoms with Gasteiger partial charge in [-0.15, -0.1) is 11.3 Å². The standard InChI is InChI=1S/C14H16N2O2S/c1-11-7-8-19-14(11)10-15(2)9-12-5-3-4-6-13(12)16(17)18/h3-8H,9-10H2,1-2H3. The minimum atomic E-state index is -0.320. The van der Waals surface area contributed by atoms with Gasteiger partial charge in [0.25, 0.3) is 5.69 Å². The molecule has 4 nitrogen and oxygen atoms in total. The second kappa shape index (κ2) is 5.95. The van der Waals surface area contributed by atoms with Crippen molar-refractivity contribution < 1.29 is 4.92 Å². The van der Waals surface area contributed by atoms with E-state index in [1.54, 1.807) is 23.5 Å². The molecule has 19 heavy (non-hydrogen) atoms. The Morgan fingerprint density at radius 1 is 1.26 bits per heavy atom. The zero-order valence-electron chi connectivity index (χ0n) is 11.0. The van der Waals surface area contributed by atoms with Gasteiger partial charge in [-0.2, -0.15) is 0 Å². The number of hydrogen-bond acceptors (Lipinski definition) is 4. The van der Waals surface area contributed by atoms with Crippen molar-refractivity contribution in [3.8, 4) is 0 Å². The second-order valence-corrected chi connectivity index (χ2v) is 5.59. The van der Waals surface area contributed by atoms with Crippen LogP contribution in [0, 0.1) is 17.0 Å². The Hall–Kier alpha value is -1.72. The van der Waals surface area contributed by atoms with Gasteiger partial charge in [0.2, 0.25) is 0 Å².